The Labute approximate surface area is 134 Å². The minimum absolute atomic E-state index is 0.0926. The number of carbonyl (C=O) groups is 2. The van der Waals surface area contributed by atoms with E-state index < -0.39 is 11.9 Å². The van der Waals surface area contributed by atoms with Gasteiger partial charge in [-0.1, -0.05) is 12.5 Å². The lowest BCUT2D eigenvalue weighted by molar-refractivity contribution is -0.143. The van der Waals surface area contributed by atoms with Crippen molar-refractivity contribution in [1.82, 2.24) is 4.98 Å². The van der Waals surface area contributed by atoms with Crippen LogP contribution in [0.15, 0.2) is 30.5 Å². The molecule has 1 aliphatic carbocycles. The molecule has 0 spiro atoms. The summed E-state index contributed by atoms with van der Waals surface area (Å²) in [6, 6.07) is 7.60. The highest BCUT2D eigenvalue weighted by Crippen LogP contribution is 2.31. The van der Waals surface area contributed by atoms with Gasteiger partial charge in [-0.2, -0.15) is 0 Å². The van der Waals surface area contributed by atoms with Crippen LogP contribution in [0.5, 0.6) is 0 Å². The number of pyridine rings is 1. The molecule has 2 aromatic rings. The molecule has 0 bridgehead atoms. The minimum atomic E-state index is -0.799. The van der Waals surface area contributed by atoms with Gasteiger partial charge in [-0.3, -0.25) is 14.6 Å². The van der Waals surface area contributed by atoms with Gasteiger partial charge in [0.1, 0.15) is 0 Å². The highest BCUT2D eigenvalue weighted by atomic mass is 16.4. The third kappa shape index (κ3) is 3.18. The van der Waals surface area contributed by atoms with Gasteiger partial charge in [-0.05, 0) is 49.9 Å². The quantitative estimate of drug-likeness (QED) is 0.910. The van der Waals surface area contributed by atoms with Crippen LogP contribution in [0.2, 0.25) is 0 Å². The molecule has 2 unspecified atom stereocenters. The van der Waals surface area contributed by atoms with E-state index in [1.807, 2.05) is 31.2 Å². The fraction of sp³-hybridized carbons (Fsp3) is 0.389. The SMILES string of the molecule is Cc1ccc(NC(=O)C2CCCC(C(=O)O)C2)c2cccnc12. The molecule has 1 saturated carbocycles. The van der Waals surface area contributed by atoms with Crippen LogP contribution in [0.3, 0.4) is 0 Å². The lowest BCUT2D eigenvalue weighted by atomic mass is 9.81. The van der Waals surface area contributed by atoms with Crippen molar-refractivity contribution in [2.45, 2.75) is 32.6 Å². The van der Waals surface area contributed by atoms with Crippen LogP contribution in [0, 0.1) is 18.8 Å². The Bertz CT molecular complexity index is 757. The number of nitrogens with one attached hydrogen (secondary N) is 1. The highest BCUT2D eigenvalue weighted by molar-refractivity contribution is 6.02. The fourth-order valence-corrected chi connectivity index (χ4v) is 3.31. The summed E-state index contributed by atoms with van der Waals surface area (Å²) in [6.45, 7) is 1.99. The summed E-state index contributed by atoms with van der Waals surface area (Å²) in [5, 5.41) is 13.0. The number of benzene rings is 1. The van der Waals surface area contributed by atoms with E-state index in [1.165, 1.54) is 0 Å². The van der Waals surface area contributed by atoms with Crippen molar-refractivity contribution in [3.05, 3.63) is 36.0 Å². The molecule has 23 heavy (non-hydrogen) atoms. The third-order valence-corrected chi connectivity index (χ3v) is 4.62. The van der Waals surface area contributed by atoms with Crippen molar-refractivity contribution in [2.24, 2.45) is 11.8 Å². The van der Waals surface area contributed by atoms with Gasteiger partial charge in [-0.15, -0.1) is 0 Å². The summed E-state index contributed by atoms with van der Waals surface area (Å²) < 4.78 is 0. The second-order valence-corrected chi connectivity index (χ2v) is 6.22. The van der Waals surface area contributed by atoms with Gasteiger partial charge in [-0.25, -0.2) is 0 Å². The molecule has 5 heteroatoms. The van der Waals surface area contributed by atoms with Crippen molar-refractivity contribution >= 4 is 28.5 Å². The summed E-state index contributed by atoms with van der Waals surface area (Å²) in [4.78, 5) is 28.1. The van der Waals surface area contributed by atoms with Crippen molar-refractivity contribution in [2.75, 3.05) is 5.32 Å². The van der Waals surface area contributed by atoms with Crippen LogP contribution in [0.1, 0.15) is 31.2 Å². The maximum Gasteiger partial charge on any atom is 0.306 e. The molecule has 1 aromatic heterocycles. The lowest BCUT2D eigenvalue weighted by Crippen LogP contribution is -2.31. The maximum absolute atomic E-state index is 12.5. The number of hydrogen-bond acceptors (Lipinski definition) is 3. The van der Waals surface area contributed by atoms with Crippen LogP contribution in [0.4, 0.5) is 5.69 Å². The minimum Gasteiger partial charge on any atom is -0.481 e. The lowest BCUT2D eigenvalue weighted by Gasteiger charge is -2.26. The van der Waals surface area contributed by atoms with E-state index in [1.54, 1.807) is 6.20 Å². The number of amides is 1. The van der Waals surface area contributed by atoms with Crippen LogP contribution < -0.4 is 5.32 Å². The van der Waals surface area contributed by atoms with Crippen molar-refractivity contribution in [3.8, 4) is 0 Å². The zero-order valence-corrected chi connectivity index (χ0v) is 13.1. The van der Waals surface area contributed by atoms with Crippen molar-refractivity contribution in [1.29, 1.82) is 0 Å². The number of anilines is 1. The first-order chi connectivity index (χ1) is 11.1. The number of nitrogens with zero attached hydrogens (tertiary/aromatic N) is 1. The Morgan fingerprint density at radius 3 is 2.78 bits per heavy atom. The van der Waals surface area contributed by atoms with Crippen LogP contribution in [0.25, 0.3) is 10.9 Å². The van der Waals surface area contributed by atoms with Gasteiger partial charge in [0, 0.05) is 17.5 Å². The second kappa shape index (κ2) is 6.36. The Morgan fingerprint density at radius 2 is 2.00 bits per heavy atom. The van der Waals surface area contributed by atoms with Crippen molar-refractivity contribution < 1.29 is 14.7 Å². The number of fused-ring (bicyclic) bond motifs is 1. The third-order valence-electron chi connectivity index (χ3n) is 4.62. The molecule has 0 aliphatic heterocycles. The summed E-state index contributed by atoms with van der Waals surface area (Å²) in [5.74, 6) is -1.54. The molecular weight excluding hydrogens is 292 g/mol. The molecule has 0 radical (unpaired) electrons. The van der Waals surface area contributed by atoms with E-state index in [-0.39, 0.29) is 11.8 Å². The maximum atomic E-state index is 12.5. The summed E-state index contributed by atoms with van der Waals surface area (Å²) in [7, 11) is 0. The molecule has 1 aromatic carbocycles. The van der Waals surface area contributed by atoms with E-state index >= 15 is 0 Å². The topological polar surface area (TPSA) is 79.3 Å². The Morgan fingerprint density at radius 1 is 1.22 bits per heavy atom. The number of aliphatic carboxylic acids is 1. The summed E-state index contributed by atoms with van der Waals surface area (Å²) in [5.41, 5.74) is 2.67. The number of aryl methyl sites for hydroxylation is 1. The smallest absolute Gasteiger partial charge is 0.306 e. The number of carbonyl (C=O) groups excluding carboxylic acids is 1. The molecule has 1 amide bonds. The monoisotopic (exact) mass is 312 g/mol. The number of carboxylic acid groups (broad SMARTS) is 1. The first-order valence-electron chi connectivity index (χ1n) is 7.94. The first-order valence-corrected chi connectivity index (χ1v) is 7.94. The Hall–Kier alpha value is -2.43. The molecule has 1 aliphatic rings. The standard InChI is InChI=1S/C18H20N2O3/c1-11-7-8-15(14-6-3-9-19-16(11)14)20-17(21)12-4-2-5-13(10-12)18(22)23/h3,6-9,12-13H,2,4-5,10H2,1H3,(H,20,21)(H,22,23). The molecule has 120 valence electrons. The van der Waals surface area contributed by atoms with Gasteiger partial charge in [0.15, 0.2) is 0 Å². The van der Waals surface area contributed by atoms with Crippen LogP contribution >= 0.6 is 0 Å². The van der Waals surface area contributed by atoms with E-state index in [2.05, 4.69) is 10.3 Å². The number of rotatable bonds is 3. The molecule has 5 nitrogen and oxygen atoms in total. The zero-order chi connectivity index (χ0) is 16.4. The Kier molecular flexibility index (Phi) is 4.28. The zero-order valence-electron chi connectivity index (χ0n) is 13.1. The van der Waals surface area contributed by atoms with E-state index in [4.69, 9.17) is 5.11 Å². The average Bonchev–Trinajstić information content (AvgIpc) is 2.57. The molecular formula is C18H20N2O3. The largest absolute Gasteiger partial charge is 0.481 e. The normalized spacial score (nSPS) is 21.1. The molecule has 2 atom stereocenters. The molecule has 0 saturated heterocycles. The van der Waals surface area contributed by atoms with Crippen LogP contribution in [-0.2, 0) is 9.59 Å². The second-order valence-electron chi connectivity index (χ2n) is 6.22. The summed E-state index contributed by atoms with van der Waals surface area (Å²) >= 11 is 0. The van der Waals surface area contributed by atoms with E-state index in [0.717, 1.165) is 35.0 Å². The predicted octanol–water partition coefficient (Wildman–Crippen LogP) is 3.37. The number of aromatic nitrogens is 1. The molecule has 3 rings (SSSR count). The van der Waals surface area contributed by atoms with Gasteiger partial charge in [0.05, 0.1) is 17.1 Å². The van der Waals surface area contributed by atoms with E-state index in [9.17, 15) is 9.59 Å². The van der Waals surface area contributed by atoms with Gasteiger partial charge >= 0.3 is 5.97 Å². The molecule has 1 fully saturated rings. The molecule has 2 N–H and O–H groups in total. The molecule has 1 heterocycles. The fourth-order valence-electron chi connectivity index (χ4n) is 3.31. The number of carboxylic acids is 1. The highest BCUT2D eigenvalue weighted by Gasteiger charge is 2.31. The van der Waals surface area contributed by atoms with Gasteiger partial charge < -0.3 is 10.4 Å². The van der Waals surface area contributed by atoms with Gasteiger partial charge in [0.25, 0.3) is 0 Å². The summed E-state index contributed by atoms with van der Waals surface area (Å²) in [6.07, 6.45) is 4.35. The average molecular weight is 312 g/mol. The Balaban J connectivity index is 1.81. The van der Waals surface area contributed by atoms with Gasteiger partial charge in [0.2, 0.25) is 5.91 Å². The van der Waals surface area contributed by atoms with E-state index in [0.29, 0.717) is 12.8 Å². The van der Waals surface area contributed by atoms with Crippen molar-refractivity contribution in [3.63, 3.8) is 0 Å². The predicted molar refractivity (Wildman–Crippen MR) is 88.2 cm³/mol. The number of hydrogen-bond donors (Lipinski definition) is 2. The first kappa shape index (κ1) is 15.5. The van der Waals surface area contributed by atoms with Crippen LogP contribution in [-0.4, -0.2) is 22.0 Å².